The number of ketones is 2. The molecule has 0 aliphatic heterocycles. The van der Waals surface area contributed by atoms with Gasteiger partial charge in [0.2, 0.25) is 0 Å². The Morgan fingerprint density at radius 2 is 1.29 bits per heavy atom. The average molecular weight is 669 g/mol. The van der Waals surface area contributed by atoms with Gasteiger partial charge in [0, 0.05) is 28.8 Å². The van der Waals surface area contributed by atoms with E-state index in [0.717, 1.165) is 0 Å². The number of hydrogen-bond acceptors (Lipinski definition) is 5. The second kappa shape index (κ2) is 8.87. The molecule has 0 saturated heterocycles. The molecule has 0 spiro atoms. The summed E-state index contributed by atoms with van der Waals surface area (Å²) in [5, 5.41) is 2.66. The van der Waals surface area contributed by atoms with E-state index in [9.17, 15) is 19.2 Å². The van der Waals surface area contributed by atoms with E-state index in [-0.39, 0.29) is 11.6 Å². The van der Waals surface area contributed by atoms with Gasteiger partial charge in [0.05, 0.1) is 5.69 Å². The minimum Gasteiger partial charge on any atom is -0.453 e. The molecule has 0 fully saturated rings. The molecule has 0 radical (unpaired) electrons. The van der Waals surface area contributed by atoms with Crippen LogP contribution in [0, 0.1) is 10.7 Å². The first-order valence-corrected chi connectivity index (χ1v) is 9.93. The van der Waals surface area contributed by atoms with Gasteiger partial charge in [-0.25, -0.2) is 0 Å². The van der Waals surface area contributed by atoms with Crippen LogP contribution in [-0.2, 0) is 14.3 Å². The maximum absolute atomic E-state index is 12.2. The summed E-state index contributed by atoms with van der Waals surface area (Å²) in [5.41, 5.74) is 1.14. The molecular formula is C15H14I3NO5. The molecule has 0 aromatic heterocycles. The Labute approximate surface area is 180 Å². The van der Waals surface area contributed by atoms with Gasteiger partial charge in [-0.3, -0.25) is 19.2 Å². The number of benzene rings is 1. The van der Waals surface area contributed by atoms with E-state index < -0.39 is 18.0 Å². The SMILES string of the molecule is CC(=O)OC(C)C(=O)Nc1c(I)c(C(C)=O)c(I)c(C(C)=O)c1I. The van der Waals surface area contributed by atoms with Crippen molar-refractivity contribution in [2.75, 3.05) is 5.32 Å². The van der Waals surface area contributed by atoms with Crippen molar-refractivity contribution in [1.82, 2.24) is 0 Å². The summed E-state index contributed by atoms with van der Waals surface area (Å²) < 4.78 is 6.50. The van der Waals surface area contributed by atoms with Crippen LogP contribution >= 0.6 is 67.8 Å². The first-order valence-electron chi connectivity index (χ1n) is 6.69. The lowest BCUT2D eigenvalue weighted by Crippen LogP contribution is -2.30. The van der Waals surface area contributed by atoms with E-state index in [4.69, 9.17) is 4.74 Å². The average Bonchev–Trinajstić information content (AvgIpc) is 2.41. The number of nitrogens with one attached hydrogen (secondary N) is 1. The quantitative estimate of drug-likeness (QED) is 0.293. The van der Waals surface area contributed by atoms with E-state index in [1.165, 1.54) is 27.7 Å². The molecular weight excluding hydrogens is 655 g/mol. The van der Waals surface area contributed by atoms with Crippen LogP contribution in [0.3, 0.4) is 0 Å². The Bertz CT molecular complexity index is 704. The van der Waals surface area contributed by atoms with Gasteiger partial charge in [0.15, 0.2) is 17.7 Å². The maximum atomic E-state index is 12.2. The summed E-state index contributed by atoms with van der Waals surface area (Å²) >= 11 is 5.90. The lowest BCUT2D eigenvalue weighted by Gasteiger charge is -2.19. The molecule has 1 rings (SSSR count). The van der Waals surface area contributed by atoms with Crippen molar-refractivity contribution in [2.24, 2.45) is 0 Å². The number of rotatable bonds is 5. The van der Waals surface area contributed by atoms with Gasteiger partial charge in [-0.05, 0) is 88.5 Å². The monoisotopic (exact) mass is 669 g/mol. The van der Waals surface area contributed by atoms with E-state index in [1.807, 2.05) is 67.8 Å². The number of anilines is 1. The summed E-state index contributed by atoms with van der Waals surface area (Å²) in [6.07, 6.45) is -0.991. The van der Waals surface area contributed by atoms with Gasteiger partial charge in [-0.15, -0.1) is 0 Å². The molecule has 0 aliphatic rings. The van der Waals surface area contributed by atoms with Crippen LogP contribution in [0.5, 0.6) is 0 Å². The smallest absolute Gasteiger partial charge is 0.303 e. The van der Waals surface area contributed by atoms with E-state index in [0.29, 0.717) is 27.5 Å². The number of halogens is 3. The second-order valence-corrected chi connectivity index (χ2v) is 8.16. The number of hydrogen-bond donors (Lipinski definition) is 1. The maximum Gasteiger partial charge on any atom is 0.303 e. The number of esters is 1. The molecule has 1 amide bonds. The summed E-state index contributed by atoms with van der Waals surface area (Å²) in [6, 6.07) is 0. The van der Waals surface area contributed by atoms with Gasteiger partial charge < -0.3 is 10.1 Å². The predicted octanol–water partition coefficient (Wildman–Crippen LogP) is 3.80. The highest BCUT2D eigenvalue weighted by molar-refractivity contribution is 14.1. The zero-order valence-corrected chi connectivity index (χ0v) is 19.7. The zero-order chi connectivity index (χ0) is 18.8. The summed E-state index contributed by atoms with van der Waals surface area (Å²) in [4.78, 5) is 47.2. The van der Waals surface area contributed by atoms with Crippen molar-refractivity contribution in [3.05, 3.63) is 21.8 Å². The summed E-state index contributed by atoms with van der Waals surface area (Å²) in [5.74, 6) is -1.51. The van der Waals surface area contributed by atoms with Crippen molar-refractivity contribution < 1.29 is 23.9 Å². The van der Waals surface area contributed by atoms with Gasteiger partial charge in [0.25, 0.3) is 5.91 Å². The van der Waals surface area contributed by atoms with Crippen molar-refractivity contribution in [1.29, 1.82) is 0 Å². The normalized spacial score (nSPS) is 11.6. The molecule has 0 saturated carbocycles. The molecule has 24 heavy (non-hydrogen) atoms. The van der Waals surface area contributed by atoms with Crippen LogP contribution < -0.4 is 5.32 Å². The van der Waals surface area contributed by atoms with Crippen molar-refractivity contribution in [3.8, 4) is 0 Å². The fourth-order valence-electron chi connectivity index (χ4n) is 1.92. The first kappa shape index (κ1) is 21.7. The van der Waals surface area contributed by atoms with Gasteiger partial charge in [-0.2, -0.15) is 0 Å². The van der Waals surface area contributed by atoms with Crippen LogP contribution in [0.2, 0.25) is 0 Å². The largest absolute Gasteiger partial charge is 0.453 e. The number of amides is 1. The zero-order valence-electron chi connectivity index (χ0n) is 13.3. The number of Topliss-reactive ketones (excluding diaryl/α,β-unsaturated/α-hetero) is 2. The molecule has 1 aromatic carbocycles. The van der Waals surface area contributed by atoms with Crippen LogP contribution in [-0.4, -0.2) is 29.5 Å². The molecule has 9 heteroatoms. The minimum absolute atomic E-state index is 0.203. The fraction of sp³-hybridized carbons (Fsp3) is 0.333. The third kappa shape index (κ3) is 4.86. The highest BCUT2D eigenvalue weighted by Gasteiger charge is 2.27. The molecule has 0 bridgehead atoms. The number of carbonyl (C=O) groups excluding carboxylic acids is 4. The Balaban J connectivity index is 3.48. The molecule has 1 unspecified atom stereocenters. The van der Waals surface area contributed by atoms with Crippen molar-refractivity contribution in [3.63, 3.8) is 0 Å². The molecule has 1 aromatic rings. The third-order valence-corrected chi connectivity index (χ3v) is 6.22. The second-order valence-electron chi connectivity index (χ2n) is 4.92. The molecule has 1 atom stereocenters. The Morgan fingerprint density at radius 1 is 0.875 bits per heavy atom. The van der Waals surface area contributed by atoms with E-state index in [2.05, 4.69) is 5.32 Å². The van der Waals surface area contributed by atoms with E-state index >= 15 is 0 Å². The molecule has 130 valence electrons. The lowest BCUT2D eigenvalue weighted by atomic mass is 10.0. The van der Waals surface area contributed by atoms with Crippen molar-refractivity contribution >= 4 is 96.9 Å². The van der Waals surface area contributed by atoms with Crippen LogP contribution in [0.1, 0.15) is 48.4 Å². The van der Waals surface area contributed by atoms with E-state index in [1.54, 1.807) is 0 Å². The predicted molar refractivity (Wildman–Crippen MR) is 114 cm³/mol. The van der Waals surface area contributed by atoms with Crippen LogP contribution in [0.15, 0.2) is 0 Å². The standard InChI is InChI=1S/C15H14I3NO5/c1-5(20)9-11(16)10(6(2)21)13(18)14(12(9)17)19-15(23)7(3)24-8(4)22/h7H,1-4H3,(H,19,23). The van der Waals surface area contributed by atoms with Gasteiger partial charge in [0.1, 0.15) is 0 Å². The Morgan fingerprint density at radius 3 is 1.62 bits per heavy atom. The summed E-state index contributed by atoms with van der Waals surface area (Å²) in [6.45, 7) is 5.47. The van der Waals surface area contributed by atoms with Crippen LogP contribution in [0.4, 0.5) is 5.69 Å². The van der Waals surface area contributed by atoms with Gasteiger partial charge >= 0.3 is 5.97 Å². The number of ether oxygens (including phenoxy) is 1. The van der Waals surface area contributed by atoms with Crippen LogP contribution in [0.25, 0.3) is 0 Å². The minimum atomic E-state index is -0.991. The fourth-order valence-corrected chi connectivity index (χ4v) is 6.87. The molecule has 1 N–H and O–H groups in total. The lowest BCUT2D eigenvalue weighted by molar-refractivity contribution is -0.150. The number of carbonyl (C=O) groups is 4. The van der Waals surface area contributed by atoms with Gasteiger partial charge in [-0.1, -0.05) is 0 Å². The Hall–Kier alpha value is -0.310. The summed E-state index contributed by atoms with van der Waals surface area (Å²) in [7, 11) is 0. The first-order chi connectivity index (χ1) is 11.0. The Kier molecular flexibility index (Phi) is 8.03. The van der Waals surface area contributed by atoms with Crippen molar-refractivity contribution in [2.45, 2.75) is 33.8 Å². The molecule has 6 nitrogen and oxygen atoms in total. The molecule has 0 heterocycles. The highest BCUT2D eigenvalue weighted by Crippen LogP contribution is 2.36. The topological polar surface area (TPSA) is 89.5 Å². The highest BCUT2D eigenvalue weighted by atomic mass is 127. The third-order valence-electron chi connectivity index (χ3n) is 2.98. The molecule has 0 aliphatic carbocycles.